The van der Waals surface area contributed by atoms with Crippen molar-refractivity contribution in [1.82, 2.24) is 4.90 Å². The quantitative estimate of drug-likeness (QED) is 0.740. The number of anilines is 2. The van der Waals surface area contributed by atoms with E-state index < -0.39 is 0 Å². The molecular weight excluding hydrogens is 412 g/mol. The van der Waals surface area contributed by atoms with Crippen LogP contribution in [0.5, 0.6) is 11.5 Å². The predicted octanol–water partition coefficient (Wildman–Crippen LogP) is 2.40. The molecule has 1 fully saturated rings. The van der Waals surface area contributed by atoms with E-state index in [0.29, 0.717) is 39.0 Å². The number of amidine groups is 1. The first-order valence-electron chi connectivity index (χ1n) is 10.7. The minimum Gasteiger partial charge on any atom is -0.496 e. The van der Waals surface area contributed by atoms with Crippen molar-refractivity contribution in [3.05, 3.63) is 47.5 Å². The van der Waals surface area contributed by atoms with E-state index in [1.165, 1.54) is 0 Å². The second-order valence-electron chi connectivity index (χ2n) is 7.86. The van der Waals surface area contributed by atoms with Crippen LogP contribution in [0.25, 0.3) is 0 Å². The SMILES string of the molecule is COc1cccc2c1C(N=C1Nc3ccc(NC(=O)CN4CCOCC4)cc3CO1)CO2. The highest BCUT2D eigenvalue weighted by molar-refractivity contribution is 5.95. The molecule has 1 amide bonds. The number of ether oxygens (including phenoxy) is 4. The van der Waals surface area contributed by atoms with Crippen LogP contribution in [0.2, 0.25) is 0 Å². The van der Waals surface area contributed by atoms with Crippen LogP contribution < -0.4 is 20.1 Å². The van der Waals surface area contributed by atoms with E-state index in [1.807, 2.05) is 36.4 Å². The van der Waals surface area contributed by atoms with Crippen LogP contribution in [-0.4, -0.2) is 63.4 Å². The number of fused-ring (bicyclic) bond motifs is 2. The van der Waals surface area contributed by atoms with E-state index in [-0.39, 0.29) is 11.9 Å². The predicted molar refractivity (Wildman–Crippen MR) is 119 cm³/mol. The van der Waals surface area contributed by atoms with Gasteiger partial charge in [0.2, 0.25) is 5.91 Å². The number of benzene rings is 2. The Morgan fingerprint density at radius 1 is 1.25 bits per heavy atom. The smallest absolute Gasteiger partial charge is 0.290 e. The zero-order valence-electron chi connectivity index (χ0n) is 17.9. The summed E-state index contributed by atoms with van der Waals surface area (Å²) in [7, 11) is 1.64. The highest BCUT2D eigenvalue weighted by Gasteiger charge is 2.29. The molecule has 0 radical (unpaired) electrons. The summed E-state index contributed by atoms with van der Waals surface area (Å²) in [5, 5.41) is 6.20. The number of nitrogens with one attached hydrogen (secondary N) is 2. The third kappa shape index (κ3) is 4.35. The van der Waals surface area contributed by atoms with Gasteiger partial charge in [-0.25, -0.2) is 4.99 Å². The number of carbonyl (C=O) groups is 1. The molecule has 32 heavy (non-hydrogen) atoms. The van der Waals surface area contributed by atoms with Crippen LogP contribution in [0.1, 0.15) is 17.2 Å². The Bertz CT molecular complexity index is 1040. The molecule has 9 heteroatoms. The lowest BCUT2D eigenvalue weighted by atomic mass is 10.1. The second kappa shape index (κ2) is 9.05. The standard InChI is InChI=1S/C23H26N4O5/c1-29-19-3-2-4-20-22(19)18(14-31-20)26-23-25-17-6-5-16(11-15(17)13-32-23)24-21(28)12-27-7-9-30-10-8-27/h2-6,11,18H,7-10,12-14H2,1H3,(H,24,28)(H,25,26). The molecule has 0 bridgehead atoms. The lowest BCUT2D eigenvalue weighted by Crippen LogP contribution is -2.41. The Hall–Kier alpha value is -3.30. The first-order valence-corrected chi connectivity index (χ1v) is 10.7. The summed E-state index contributed by atoms with van der Waals surface area (Å²) in [6.45, 7) is 4.06. The van der Waals surface area contributed by atoms with Crippen LogP contribution in [-0.2, 0) is 20.9 Å². The molecule has 0 saturated carbocycles. The van der Waals surface area contributed by atoms with Gasteiger partial charge in [-0.3, -0.25) is 9.69 Å². The fourth-order valence-corrected chi connectivity index (χ4v) is 4.09. The number of aliphatic imine (C=N–C) groups is 1. The van der Waals surface area contributed by atoms with Crippen molar-refractivity contribution >= 4 is 23.3 Å². The number of methoxy groups -OCH3 is 1. The minimum atomic E-state index is -0.205. The van der Waals surface area contributed by atoms with Gasteiger partial charge in [0.05, 0.1) is 32.4 Å². The number of carbonyl (C=O) groups excluding carboxylic acids is 1. The summed E-state index contributed by atoms with van der Waals surface area (Å²) in [6, 6.07) is 11.7. The third-order valence-electron chi connectivity index (χ3n) is 5.71. The van der Waals surface area contributed by atoms with E-state index in [0.717, 1.165) is 47.1 Å². The summed E-state index contributed by atoms with van der Waals surface area (Å²) in [5.41, 5.74) is 3.53. The normalized spacial score (nSPS) is 21.0. The largest absolute Gasteiger partial charge is 0.496 e. The van der Waals surface area contributed by atoms with E-state index in [1.54, 1.807) is 7.11 Å². The van der Waals surface area contributed by atoms with Crippen molar-refractivity contribution in [2.75, 3.05) is 57.2 Å². The maximum atomic E-state index is 12.4. The van der Waals surface area contributed by atoms with Gasteiger partial charge >= 0.3 is 0 Å². The van der Waals surface area contributed by atoms with Crippen molar-refractivity contribution in [2.24, 2.45) is 4.99 Å². The number of morpholine rings is 1. The van der Waals surface area contributed by atoms with Gasteiger partial charge in [-0.2, -0.15) is 0 Å². The number of hydrogen-bond acceptors (Lipinski definition) is 7. The van der Waals surface area contributed by atoms with Gasteiger partial charge in [-0.15, -0.1) is 0 Å². The molecule has 0 spiro atoms. The van der Waals surface area contributed by atoms with Crippen molar-refractivity contribution in [2.45, 2.75) is 12.6 Å². The van der Waals surface area contributed by atoms with E-state index in [2.05, 4.69) is 15.5 Å². The van der Waals surface area contributed by atoms with Crippen molar-refractivity contribution in [3.63, 3.8) is 0 Å². The average molecular weight is 438 g/mol. The average Bonchev–Trinajstić information content (AvgIpc) is 3.22. The third-order valence-corrected chi connectivity index (χ3v) is 5.71. The fourth-order valence-electron chi connectivity index (χ4n) is 4.09. The Labute approximate surface area is 186 Å². The zero-order chi connectivity index (χ0) is 21.9. The molecule has 1 atom stereocenters. The molecule has 2 N–H and O–H groups in total. The second-order valence-corrected chi connectivity index (χ2v) is 7.86. The number of rotatable bonds is 5. The molecule has 2 aromatic rings. The number of amides is 1. The number of nitrogens with zero attached hydrogens (tertiary/aromatic N) is 2. The van der Waals surface area contributed by atoms with Gasteiger partial charge < -0.3 is 29.6 Å². The van der Waals surface area contributed by atoms with Crippen LogP contribution >= 0.6 is 0 Å². The van der Waals surface area contributed by atoms with Crippen LogP contribution in [0, 0.1) is 0 Å². The molecule has 5 rings (SSSR count). The Balaban J connectivity index is 1.24. The van der Waals surface area contributed by atoms with Crippen molar-refractivity contribution in [1.29, 1.82) is 0 Å². The highest BCUT2D eigenvalue weighted by Crippen LogP contribution is 2.41. The highest BCUT2D eigenvalue weighted by atomic mass is 16.5. The molecule has 9 nitrogen and oxygen atoms in total. The maximum absolute atomic E-state index is 12.4. The molecule has 1 saturated heterocycles. The monoisotopic (exact) mass is 438 g/mol. The van der Waals surface area contributed by atoms with E-state index in [9.17, 15) is 4.79 Å². The maximum Gasteiger partial charge on any atom is 0.290 e. The van der Waals surface area contributed by atoms with Gasteiger partial charge in [-0.1, -0.05) is 6.07 Å². The van der Waals surface area contributed by atoms with E-state index >= 15 is 0 Å². The molecule has 2 aromatic carbocycles. The molecule has 0 aliphatic carbocycles. The van der Waals surface area contributed by atoms with Crippen LogP contribution in [0.15, 0.2) is 41.4 Å². The van der Waals surface area contributed by atoms with Gasteiger partial charge in [0, 0.05) is 30.0 Å². The van der Waals surface area contributed by atoms with Gasteiger partial charge in [0.25, 0.3) is 6.02 Å². The van der Waals surface area contributed by atoms with Crippen molar-refractivity contribution in [3.8, 4) is 11.5 Å². The fraction of sp³-hybridized carbons (Fsp3) is 0.391. The zero-order valence-corrected chi connectivity index (χ0v) is 17.9. The molecule has 3 aliphatic rings. The Kier molecular flexibility index (Phi) is 5.83. The minimum absolute atomic E-state index is 0.0346. The first kappa shape index (κ1) is 20.6. The first-order chi connectivity index (χ1) is 15.7. The number of hydrogen-bond donors (Lipinski definition) is 2. The lowest BCUT2D eigenvalue weighted by Gasteiger charge is -2.26. The lowest BCUT2D eigenvalue weighted by molar-refractivity contribution is -0.118. The molecule has 1 unspecified atom stereocenters. The van der Waals surface area contributed by atoms with Crippen LogP contribution in [0.4, 0.5) is 11.4 Å². The Morgan fingerprint density at radius 3 is 2.97 bits per heavy atom. The summed E-state index contributed by atoms with van der Waals surface area (Å²) in [4.78, 5) is 19.2. The topological polar surface area (TPSA) is 93.7 Å². The van der Waals surface area contributed by atoms with Gasteiger partial charge in [0.1, 0.15) is 30.8 Å². The molecule has 0 aromatic heterocycles. The molecule has 168 valence electrons. The molecular formula is C23H26N4O5. The van der Waals surface area contributed by atoms with Crippen molar-refractivity contribution < 1.29 is 23.7 Å². The summed E-state index contributed by atoms with van der Waals surface area (Å²) < 4.78 is 22.4. The summed E-state index contributed by atoms with van der Waals surface area (Å²) in [6.07, 6.45) is 0. The molecule has 3 heterocycles. The van der Waals surface area contributed by atoms with Crippen LogP contribution in [0.3, 0.4) is 0 Å². The van der Waals surface area contributed by atoms with Gasteiger partial charge in [-0.05, 0) is 30.3 Å². The van der Waals surface area contributed by atoms with Gasteiger partial charge in [0.15, 0.2) is 0 Å². The van der Waals surface area contributed by atoms with E-state index in [4.69, 9.17) is 23.9 Å². The summed E-state index contributed by atoms with van der Waals surface area (Å²) >= 11 is 0. The summed E-state index contributed by atoms with van der Waals surface area (Å²) in [5.74, 6) is 1.50. The molecule has 3 aliphatic heterocycles. The Morgan fingerprint density at radius 2 is 2.12 bits per heavy atom.